The highest BCUT2D eigenvalue weighted by atomic mass is 79.9. The standard InChI is InChI=1S/C18H12B2Br2O6/c1-27-18-13(20)17-11(12(19)16(18)26)10(9(28-17)2-3-23)14(24)6-4-7(21)15(25)8(22)5-6/h4-5,23,25-26H,2-3H2,1H3. The second-order valence-corrected chi connectivity index (χ2v) is 7.61. The highest BCUT2D eigenvalue weighted by molar-refractivity contribution is 9.11. The van der Waals surface area contributed by atoms with Crippen LogP contribution >= 0.6 is 31.9 Å². The fourth-order valence-electron chi connectivity index (χ4n) is 2.96. The molecule has 3 N–H and O–H groups in total. The number of phenols is 2. The second kappa shape index (κ2) is 7.85. The predicted octanol–water partition coefficient (Wildman–Crippen LogP) is 1.73. The molecule has 0 amide bonds. The van der Waals surface area contributed by atoms with Crippen molar-refractivity contribution in [3.05, 3.63) is 38.0 Å². The Balaban J connectivity index is 2.36. The number of furan rings is 1. The first-order chi connectivity index (χ1) is 13.2. The minimum absolute atomic E-state index is 0.0180. The largest absolute Gasteiger partial charge is 0.506 e. The summed E-state index contributed by atoms with van der Waals surface area (Å²) < 4.78 is 11.4. The molecule has 4 radical (unpaired) electrons. The van der Waals surface area contributed by atoms with Gasteiger partial charge in [-0.15, -0.1) is 0 Å². The van der Waals surface area contributed by atoms with Crippen LogP contribution in [0.4, 0.5) is 0 Å². The zero-order valence-electron chi connectivity index (χ0n) is 14.5. The number of ether oxygens (including phenoxy) is 1. The molecule has 0 bridgehead atoms. The Morgan fingerprint density at radius 1 is 1.14 bits per heavy atom. The molecule has 1 heterocycles. The van der Waals surface area contributed by atoms with E-state index in [4.69, 9.17) is 24.8 Å². The Morgan fingerprint density at radius 2 is 1.75 bits per heavy atom. The molecule has 0 aliphatic heterocycles. The van der Waals surface area contributed by atoms with E-state index in [9.17, 15) is 20.1 Å². The lowest BCUT2D eigenvalue weighted by Gasteiger charge is -2.12. The molecule has 0 fully saturated rings. The Labute approximate surface area is 179 Å². The van der Waals surface area contributed by atoms with Gasteiger partial charge in [-0.3, -0.25) is 4.79 Å². The van der Waals surface area contributed by atoms with Gasteiger partial charge in [-0.1, -0.05) is 0 Å². The molecule has 140 valence electrons. The predicted molar refractivity (Wildman–Crippen MR) is 113 cm³/mol. The number of hydrogen-bond acceptors (Lipinski definition) is 6. The molecule has 1 aromatic heterocycles. The summed E-state index contributed by atoms with van der Waals surface area (Å²) in [6.45, 7) is -0.286. The quantitative estimate of drug-likeness (QED) is 0.361. The molecule has 3 aromatic rings. The minimum Gasteiger partial charge on any atom is -0.506 e. The van der Waals surface area contributed by atoms with Crippen molar-refractivity contribution in [3.63, 3.8) is 0 Å². The van der Waals surface area contributed by atoms with E-state index in [1.807, 2.05) is 0 Å². The zero-order valence-corrected chi connectivity index (χ0v) is 17.7. The van der Waals surface area contributed by atoms with Gasteiger partial charge in [0, 0.05) is 17.4 Å². The van der Waals surface area contributed by atoms with E-state index in [0.29, 0.717) is 8.95 Å². The van der Waals surface area contributed by atoms with Crippen molar-refractivity contribution >= 4 is 75.2 Å². The van der Waals surface area contributed by atoms with Crippen LogP contribution in [0.1, 0.15) is 21.7 Å². The number of carbonyl (C=O) groups excluding carboxylic acids is 1. The molecule has 0 unspecified atom stereocenters. The number of phenolic OH excluding ortho intramolecular Hbond substituents is 2. The minimum atomic E-state index is -0.487. The number of aliphatic hydroxyl groups is 1. The van der Waals surface area contributed by atoms with E-state index in [1.165, 1.54) is 19.2 Å². The SMILES string of the molecule is [B]c1c(OC)c(O)c([B])c2c(C(=O)c3cc(Br)c(O)c(Br)c3)c(CCO)oc12. The van der Waals surface area contributed by atoms with Crippen molar-refractivity contribution in [2.45, 2.75) is 6.42 Å². The number of aromatic hydroxyl groups is 2. The van der Waals surface area contributed by atoms with Crippen LogP contribution in [0.3, 0.4) is 0 Å². The van der Waals surface area contributed by atoms with E-state index < -0.39 is 11.5 Å². The Morgan fingerprint density at radius 3 is 2.29 bits per heavy atom. The molecule has 28 heavy (non-hydrogen) atoms. The Kier molecular flexibility index (Phi) is 5.84. The molecular weight excluding hydrogens is 494 g/mol. The summed E-state index contributed by atoms with van der Waals surface area (Å²) in [5.41, 5.74) is 0.211. The summed E-state index contributed by atoms with van der Waals surface area (Å²) in [6, 6.07) is 2.87. The number of hydrogen-bond donors (Lipinski definition) is 3. The third-order valence-electron chi connectivity index (χ3n) is 4.26. The van der Waals surface area contributed by atoms with Crippen LogP contribution in [0.5, 0.6) is 17.2 Å². The van der Waals surface area contributed by atoms with Crippen LogP contribution in [0.2, 0.25) is 0 Å². The average Bonchev–Trinajstić information content (AvgIpc) is 3.03. The number of aliphatic hydroxyl groups excluding tert-OH is 1. The second-order valence-electron chi connectivity index (χ2n) is 5.90. The third-order valence-corrected chi connectivity index (χ3v) is 5.47. The number of ketones is 1. The lowest BCUT2D eigenvalue weighted by Crippen LogP contribution is -2.18. The van der Waals surface area contributed by atoms with Gasteiger partial charge in [0.1, 0.15) is 32.8 Å². The van der Waals surface area contributed by atoms with Gasteiger partial charge in [-0.25, -0.2) is 0 Å². The first-order valence-electron chi connectivity index (χ1n) is 7.95. The molecular formula is C18H12B2Br2O6. The number of halogens is 2. The van der Waals surface area contributed by atoms with Crippen molar-refractivity contribution in [1.29, 1.82) is 0 Å². The first kappa shape index (κ1) is 20.8. The van der Waals surface area contributed by atoms with E-state index >= 15 is 0 Å². The van der Waals surface area contributed by atoms with Gasteiger partial charge < -0.3 is 24.5 Å². The van der Waals surface area contributed by atoms with Crippen LogP contribution in [0.25, 0.3) is 11.0 Å². The van der Waals surface area contributed by atoms with Gasteiger partial charge in [-0.2, -0.15) is 0 Å². The smallest absolute Gasteiger partial charge is 0.197 e. The number of rotatable bonds is 5. The zero-order chi connectivity index (χ0) is 20.7. The summed E-state index contributed by atoms with van der Waals surface area (Å²) in [5, 5.41) is 29.7. The summed E-state index contributed by atoms with van der Waals surface area (Å²) in [6.07, 6.45) is 0.0259. The molecule has 0 saturated carbocycles. The van der Waals surface area contributed by atoms with Crippen molar-refractivity contribution in [2.75, 3.05) is 13.7 Å². The monoisotopic (exact) mass is 504 g/mol. The van der Waals surface area contributed by atoms with Crippen molar-refractivity contribution in [3.8, 4) is 17.2 Å². The number of benzene rings is 2. The molecule has 0 atom stereocenters. The lowest BCUT2D eigenvalue weighted by atomic mass is 9.81. The normalized spacial score (nSPS) is 11.1. The highest BCUT2D eigenvalue weighted by Crippen LogP contribution is 2.36. The molecule has 10 heteroatoms. The molecule has 0 aliphatic rings. The Bertz CT molecular complexity index is 1090. The molecule has 0 saturated heterocycles. The molecule has 0 aliphatic carbocycles. The maximum Gasteiger partial charge on any atom is 0.197 e. The molecule has 3 rings (SSSR count). The molecule has 6 nitrogen and oxygen atoms in total. The Hall–Kier alpha value is -1.90. The average molecular weight is 506 g/mol. The van der Waals surface area contributed by atoms with Crippen LogP contribution in [0.15, 0.2) is 25.5 Å². The van der Waals surface area contributed by atoms with Crippen LogP contribution in [-0.4, -0.2) is 50.5 Å². The van der Waals surface area contributed by atoms with Crippen molar-refractivity contribution in [1.82, 2.24) is 0 Å². The van der Waals surface area contributed by atoms with Gasteiger partial charge in [0.2, 0.25) is 0 Å². The van der Waals surface area contributed by atoms with Crippen LogP contribution in [0, 0.1) is 0 Å². The van der Waals surface area contributed by atoms with Gasteiger partial charge in [0.15, 0.2) is 17.3 Å². The van der Waals surface area contributed by atoms with Gasteiger partial charge in [0.25, 0.3) is 0 Å². The van der Waals surface area contributed by atoms with Gasteiger partial charge in [-0.05, 0) is 54.9 Å². The maximum atomic E-state index is 13.3. The number of fused-ring (bicyclic) bond motifs is 1. The van der Waals surface area contributed by atoms with Gasteiger partial charge in [0.05, 0.1) is 28.2 Å². The highest BCUT2D eigenvalue weighted by Gasteiger charge is 2.28. The number of methoxy groups -OCH3 is 1. The fourth-order valence-corrected chi connectivity index (χ4v) is 4.15. The van der Waals surface area contributed by atoms with Crippen LogP contribution in [-0.2, 0) is 6.42 Å². The molecule has 0 spiro atoms. The lowest BCUT2D eigenvalue weighted by molar-refractivity contribution is 0.103. The maximum absolute atomic E-state index is 13.3. The summed E-state index contributed by atoms with van der Waals surface area (Å²) >= 11 is 6.37. The van der Waals surface area contributed by atoms with Crippen molar-refractivity contribution < 1.29 is 29.3 Å². The van der Waals surface area contributed by atoms with E-state index in [2.05, 4.69) is 31.9 Å². The van der Waals surface area contributed by atoms with Crippen LogP contribution < -0.4 is 15.7 Å². The van der Waals surface area contributed by atoms with E-state index in [0.717, 1.165) is 0 Å². The number of carbonyl (C=O) groups is 1. The fraction of sp³-hybridized carbons (Fsp3) is 0.167. The van der Waals surface area contributed by atoms with E-state index in [-0.39, 0.29) is 63.3 Å². The summed E-state index contributed by atoms with van der Waals surface area (Å²) in [4.78, 5) is 13.3. The molecule has 2 aromatic carbocycles. The van der Waals surface area contributed by atoms with Gasteiger partial charge >= 0.3 is 0 Å². The topological polar surface area (TPSA) is 100 Å². The summed E-state index contributed by atoms with van der Waals surface area (Å²) in [5.74, 6) is -0.863. The van der Waals surface area contributed by atoms with Crippen molar-refractivity contribution in [2.24, 2.45) is 0 Å². The first-order valence-corrected chi connectivity index (χ1v) is 9.54. The summed E-state index contributed by atoms with van der Waals surface area (Å²) in [7, 11) is 13.4. The van der Waals surface area contributed by atoms with E-state index in [1.54, 1.807) is 0 Å². The third kappa shape index (κ3) is 3.23.